The zero-order valence-corrected chi connectivity index (χ0v) is 12.7. The van der Waals surface area contributed by atoms with Gasteiger partial charge in [0.25, 0.3) is 0 Å². The van der Waals surface area contributed by atoms with Crippen molar-refractivity contribution in [3.8, 4) is 0 Å². The number of amides is 1. The first-order valence-corrected chi connectivity index (χ1v) is 7.46. The number of carbonyl (C=O) groups excluding carboxylic acids is 1. The highest BCUT2D eigenvalue weighted by molar-refractivity contribution is 5.89. The lowest BCUT2D eigenvalue weighted by Gasteiger charge is -2.21. The molecule has 1 aromatic rings. The Labute approximate surface area is 129 Å². The molecule has 1 aliphatic heterocycles. The van der Waals surface area contributed by atoms with Gasteiger partial charge in [0.1, 0.15) is 0 Å². The zero-order valence-electron chi connectivity index (χ0n) is 12.7. The molecule has 120 valence electrons. The summed E-state index contributed by atoms with van der Waals surface area (Å²) in [6.07, 6.45) is 0.638. The van der Waals surface area contributed by atoms with Crippen molar-refractivity contribution >= 4 is 11.9 Å². The van der Waals surface area contributed by atoms with Crippen molar-refractivity contribution < 1.29 is 19.8 Å². The van der Waals surface area contributed by atoms with E-state index in [1.807, 2.05) is 12.1 Å². The van der Waals surface area contributed by atoms with Gasteiger partial charge in [0.2, 0.25) is 5.91 Å². The van der Waals surface area contributed by atoms with Crippen LogP contribution in [0.4, 0.5) is 0 Å². The summed E-state index contributed by atoms with van der Waals surface area (Å²) in [6.45, 7) is 3.35. The molecule has 2 rings (SSSR count). The second-order valence-corrected chi connectivity index (χ2v) is 5.69. The fourth-order valence-electron chi connectivity index (χ4n) is 2.84. The third-order valence-electron chi connectivity index (χ3n) is 3.99. The number of hydrogen-bond acceptors (Lipinski definition) is 4. The standard InChI is InChI=1S/C16H22N2O4/c1-11(19)17-14-6-8-18(9-7-15(14)20)10-12-4-2-3-5-13(12)16(21)22/h2-5,14-15,20H,6-10H2,1H3,(H,17,19)(H,21,22)/t14-,15-/m0/s1. The molecule has 1 heterocycles. The second-order valence-electron chi connectivity index (χ2n) is 5.69. The summed E-state index contributed by atoms with van der Waals surface area (Å²) in [7, 11) is 0. The molecule has 0 aliphatic carbocycles. The number of carboxylic acids is 1. The van der Waals surface area contributed by atoms with E-state index in [9.17, 15) is 19.8 Å². The Hall–Kier alpha value is -1.92. The number of nitrogens with one attached hydrogen (secondary N) is 1. The SMILES string of the molecule is CC(=O)N[C@H]1CCN(Cc2ccccc2C(=O)O)CC[C@@H]1O. The van der Waals surface area contributed by atoms with Gasteiger partial charge in [-0.1, -0.05) is 18.2 Å². The minimum Gasteiger partial charge on any atom is -0.478 e. The highest BCUT2D eigenvalue weighted by atomic mass is 16.4. The van der Waals surface area contributed by atoms with Crippen LogP contribution >= 0.6 is 0 Å². The van der Waals surface area contributed by atoms with Crippen molar-refractivity contribution in [1.82, 2.24) is 10.2 Å². The Morgan fingerprint density at radius 1 is 1.27 bits per heavy atom. The van der Waals surface area contributed by atoms with Gasteiger partial charge in [0.15, 0.2) is 0 Å². The zero-order chi connectivity index (χ0) is 16.1. The minimum absolute atomic E-state index is 0.145. The maximum Gasteiger partial charge on any atom is 0.336 e. The van der Waals surface area contributed by atoms with E-state index in [4.69, 9.17) is 0 Å². The van der Waals surface area contributed by atoms with Crippen LogP contribution in [0.1, 0.15) is 35.7 Å². The molecule has 22 heavy (non-hydrogen) atoms. The Morgan fingerprint density at radius 3 is 2.64 bits per heavy atom. The van der Waals surface area contributed by atoms with Crippen LogP contribution in [-0.2, 0) is 11.3 Å². The van der Waals surface area contributed by atoms with Crippen LogP contribution in [0.3, 0.4) is 0 Å². The van der Waals surface area contributed by atoms with Crippen LogP contribution in [0.2, 0.25) is 0 Å². The van der Waals surface area contributed by atoms with Crippen LogP contribution in [0.5, 0.6) is 0 Å². The lowest BCUT2D eigenvalue weighted by molar-refractivity contribution is -0.120. The van der Waals surface area contributed by atoms with Crippen LogP contribution in [0, 0.1) is 0 Å². The Bertz CT molecular complexity index is 547. The molecule has 1 aliphatic rings. The predicted octanol–water partition coefficient (Wildman–Crippen LogP) is 0.846. The maximum absolute atomic E-state index is 11.3. The number of likely N-dealkylation sites (tertiary alicyclic amines) is 1. The van der Waals surface area contributed by atoms with E-state index in [1.165, 1.54) is 6.92 Å². The molecule has 1 aromatic carbocycles. The summed E-state index contributed by atoms with van der Waals surface area (Å²) in [5.41, 5.74) is 1.08. The number of nitrogens with zero attached hydrogens (tertiary/aromatic N) is 1. The van der Waals surface area contributed by atoms with Gasteiger partial charge in [0.05, 0.1) is 17.7 Å². The first-order valence-electron chi connectivity index (χ1n) is 7.46. The summed E-state index contributed by atoms with van der Waals surface area (Å²) in [5.74, 6) is -1.07. The van der Waals surface area contributed by atoms with E-state index in [-0.39, 0.29) is 11.9 Å². The van der Waals surface area contributed by atoms with Gasteiger partial charge in [0, 0.05) is 26.6 Å². The van der Waals surface area contributed by atoms with Gasteiger partial charge in [-0.25, -0.2) is 4.79 Å². The summed E-state index contributed by atoms with van der Waals surface area (Å²) in [4.78, 5) is 24.5. The lowest BCUT2D eigenvalue weighted by atomic mass is 10.1. The van der Waals surface area contributed by atoms with Gasteiger partial charge in [-0.05, 0) is 24.5 Å². The van der Waals surface area contributed by atoms with Gasteiger partial charge >= 0.3 is 5.97 Å². The van der Waals surface area contributed by atoms with Crippen molar-refractivity contribution in [1.29, 1.82) is 0 Å². The molecule has 6 nitrogen and oxygen atoms in total. The van der Waals surface area contributed by atoms with Crippen molar-refractivity contribution in [2.45, 2.75) is 38.5 Å². The Morgan fingerprint density at radius 2 is 1.95 bits per heavy atom. The van der Waals surface area contributed by atoms with Crippen LogP contribution in [0.15, 0.2) is 24.3 Å². The molecular weight excluding hydrogens is 284 g/mol. The summed E-state index contributed by atoms with van der Waals surface area (Å²) in [6, 6.07) is 6.72. The topological polar surface area (TPSA) is 89.9 Å². The average Bonchev–Trinajstić information content (AvgIpc) is 2.63. The summed E-state index contributed by atoms with van der Waals surface area (Å²) < 4.78 is 0. The molecule has 6 heteroatoms. The minimum atomic E-state index is -0.929. The number of aromatic carboxylic acids is 1. The highest BCUT2D eigenvalue weighted by Gasteiger charge is 2.25. The van der Waals surface area contributed by atoms with Gasteiger partial charge in [-0.3, -0.25) is 9.69 Å². The van der Waals surface area contributed by atoms with Crippen LogP contribution in [-0.4, -0.2) is 52.2 Å². The van der Waals surface area contributed by atoms with E-state index in [0.29, 0.717) is 38.0 Å². The third kappa shape index (κ3) is 4.29. The first kappa shape index (κ1) is 16.5. The summed E-state index contributed by atoms with van der Waals surface area (Å²) >= 11 is 0. The fourth-order valence-corrected chi connectivity index (χ4v) is 2.84. The van der Waals surface area contributed by atoms with E-state index in [2.05, 4.69) is 10.2 Å². The number of hydrogen-bond donors (Lipinski definition) is 3. The summed E-state index contributed by atoms with van der Waals surface area (Å²) in [5, 5.41) is 22.1. The molecule has 1 fully saturated rings. The average molecular weight is 306 g/mol. The lowest BCUT2D eigenvalue weighted by Crippen LogP contribution is -2.42. The molecule has 0 unspecified atom stereocenters. The molecule has 0 spiro atoms. The van der Waals surface area contributed by atoms with Gasteiger partial charge < -0.3 is 15.5 Å². The van der Waals surface area contributed by atoms with Crippen LogP contribution in [0.25, 0.3) is 0 Å². The van der Waals surface area contributed by atoms with E-state index < -0.39 is 12.1 Å². The highest BCUT2D eigenvalue weighted by Crippen LogP contribution is 2.17. The monoisotopic (exact) mass is 306 g/mol. The molecule has 0 radical (unpaired) electrons. The molecule has 3 N–H and O–H groups in total. The third-order valence-corrected chi connectivity index (χ3v) is 3.99. The Balaban J connectivity index is 2.03. The smallest absolute Gasteiger partial charge is 0.336 e. The quantitative estimate of drug-likeness (QED) is 0.767. The fraction of sp³-hybridized carbons (Fsp3) is 0.500. The van der Waals surface area contributed by atoms with Crippen molar-refractivity contribution in [3.05, 3.63) is 35.4 Å². The molecule has 0 saturated carbocycles. The molecule has 1 saturated heterocycles. The number of rotatable bonds is 4. The van der Waals surface area contributed by atoms with E-state index >= 15 is 0 Å². The number of carbonyl (C=O) groups is 2. The second kappa shape index (κ2) is 7.38. The number of benzene rings is 1. The number of carboxylic acid groups (broad SMARTS) is 1. The number of aliphatic hydroxyl groups is 1. The van der Waals surface area contributed by atoms with Crippen molar-refractivity contribution in [3.63, 3.8) is 0 Å². The predicted molar refractivity (Wildman–Crippen MR) is 81.5 cm³/mol. The maximum atomic E-state index is 11.3. The van der Waals surface area contributed by atoms with E-state index in [0.717, 1.165) is 5.56 Å². The van der Waals surface area contributed by atoms with E-state index in [1.54, 1.807) is 12.1 Å². The molecular formula is C16H22N2O4. The van der Waals surface area contributed by atoms with Crippen molar-refractivity contribution in [2.75, 3.05) is 13.1 Å². The molecule has 1 amide bonds. The normalized spacial score (nSPS) is 22.8. The largest absolute Gasteiger partial charge is 0.478 e. The Kier molecular flexibility index (Phi) is 5.51. The number of aliphatic hydroxyl groups excluding tert-OH is 1. The first-order chi connectivity index (χ1) is 10.5. The van der Waals surface area contributed by atoms with Crippen molar-refractivity contribution in [2.24, 2.45) is 0 Å². The molecule has 2 atom stereocenters. The van der Waals surface area contributed by atoms with Crippen LogP contribution < -0.4 is 5.32 Å². The molecule has 0 bridgehead atoms. The van der Waals surface area contributed by atoms with Gasteiger partial charge in [-0.15, -0.1) is 0 Å². The van der Waals surface area contributed by atoms with Gasteiger partial charge in [-0.2, -0.15) is 0 Å². The molecule has 0 aromatic heterocycles.